The van der Waals surface area contributed by atoms with Gasteiger partial charge in [0.15, 0.2) is 17.1 Å². The van der Waals surface area contributed by atoms with Crippen LogP contribution >= 0.6 is 0 Å². The van der Waals surface area contributed by atoms with Crippen molar-refractivity contribution in [3.8, 4) is 28.7 Å². The van der Waals surface area contributed by atoms with E-state index in [0.29, 0.717) is 0 Å². The lowest BCUT2D eigenvalue weighted by atomic mass is 10.1. The topological polar surface area (TPSA) is 94.5 Å². The van der Waals surface area contributed by atoms with Crippen molar-refractivity contribution in [2.75, 3.05) is 27.9 Å². The third-order valence-electron chi connectivity index (χ3n) is 3.86. The number of unbranched alkanes of at least 4 members (excludes halogenated alkanes) is 5. The molecule has 7 nitrogen and oxygen atoms in total. The highest BCUT2D eigenvalue weighted by Gasteiger charge is 2.31. The zero-order valence-corrected chi connectivity index (χ0v) is 15.4. The molecule has 1 rings (SSSR count). The highest BCUT2D eigenvalue weighted by Crippen LogP contribution is 2.52. The minimum atomic E-state index is -0.792. The van der Waals surface area contributed by atoms with Crippen LogP contribution < -0.4 is 14.2 Å². The molecule has 1 aromatic rings. The number of phenols is 2. The van der Waals surface area contributed by atoms with E-state index in [4.69, 9.17) is 18.9 Å². The summed E-state index contributed by atoms with van der Waals surface area (Å²) in [6, 6.07) is 0. The molecule has 0 aromatic heterocycles. The van der Waals surface area contributed by atoms with Crippen LogP contribution in [-0.2, 0) is 4.74 Å². The molecule has 0 saturated heterocycles. The highest BCUT2D eigenvalue weighted by molar-refractivity contribution is 5.99. The van der Waals surface area contributed by atoms with Crippen molar-refractivity contribution in [3.05, 3.63) is 5.56 Å². The number of ether oxygens (including phenoxy) is 4. The molecule has 0 saturated carbocycles. The number of carbonyl (C=O) groups excluding carboxylic acids is 1. The second-order valence-corrected chi connectivity index (χ2v) is 5.58. The Hall–Kier alpha value is -2.31. The van der Waals surface area contributed by atoms with Crippen molar-refractivity contribution < 1.29 is 34.0 Å². The van der Waals surface area contributed by atoms with Gasteiger partial charge in [0.1, 0.15) is 0 Å². The molecule has 0 spiro atoms. The summed E-state index contributed by atoms with van der Waals surface area (Å²) in [6.45, 7) is 2.38. The summed E-state index contributed by atoms with van der Waals surface area (Å²) in [4.78, 5) is 12.3. The quantitative estimate of drug-likeness (QED) is 0.355. The summed E-state index contributed by atoms with van der Waals surface area (Å²) < 4.78 is 20.5. The Morgan fingerprint density at radius 1 is 0.800 bits per heavy atom. The number of esters is 1. The summed E-state index contributed by atoms with van der Waals surface area (Å²) in [7, 11) is 3.95. The Bertz CT molecular complexity index is 569. The number of rotatable bonds is 11. The second-order valence-electron chi connectivity index (χ2n) is 5.58. The Labute approximate surface area is 148 Å². The maximum atomic E-state index is 12.3. The zero-order valence-electron chi connectivity index (χ0n) is 15.4. The molecule has 0 fully saturated rings. The SMILES string of the molecule is CCCCCCCCOC(=O)c1c(O)c(O)c(OC)c(OC)c1OC. The Kier molecular flexibility index (Phi) is 8.74. The van der Waals surface area contributed by atoms with Crippen LogP contribution in [0.2, 0.25) is 0 Å². The average molecular weight is 356 g/mol. The van der Waals surface area contributed by atoms with Crippen molar-refractivity contribution in [1.29, 1.82) is 0 Å². The van der Waals surface area contributed by atoms with Crippen LogP contribution in [0.3, 0.4) is 0 Å². The molecule has 0 aliphatic carbocycles. The maximum absolute atomic E-state index is 12.3. The fourth-order valence-corrected chi connectivity index (χ4v) is 2.54. The van der Waals surface area contributed by atoms with Gasteiger partial charge in [0.2, 0.25) is 17.2 Å². The molecule has 0 heterocycles. The average Bonchev–Trinajstić information content (AvgIpc) is 2.62. The highest BCUT2D eigenvalue weighted by atomic mass is 16.5. The van der Waals surface area contributed by atoms with Gasteiger partial charge in [-0.1, -0.05) is 39.0 Å². The lowest BCUT2D eigenvalue weighted by Gasteiger charge is -2.18. The zero-order chi connectivity index (χ0) is 18.8. The van der Waals surface area contributed by atoms with Gasteiger partial charge in [-0.2, -0.15) is 0 Å². The summed E-state index contributed by atoms with van der Waals surface area (Å²) in [6.07, 6.45) is 6.34. The van der Waals surface area contributed by atoms with E-state index in [0.717, 1.165) is 19.3 Å². The van der Waals surface area contributed by atoms with Crippen LogP contribution in [0.25, 0.3) is 0 Å². The van der Waals surface area contributed by atoms with Gasteiger partial charge >= 0.3 is 5.97 Å². The van der Waals surface area contributed by atoms with Crippen LogP contribution in [0.1, 0.15) is 55.8 Å². The molecule has 7 heteroatoms. The van der Waals surface area contributed by atoms with Gasteiger partial charge in [0, 0.05) is 0 Å². The molecule has 1 aromatic carbocycles. The molecule has 142 valence electrons. The van der Waals surface area contributed by atoms with Crippen molar-refractivity contribution in [2.24, 2.45) is 0 Å². The molecule has 0 atom stereocenters. The van der Waals surface area contributed by atoms with Crippen molar-refractivity contribution in [3.63, 3.8) is 0 Å². The normalized spacial score (nSPS) is 10.4. The molecule has 0 radical (unpaired) electrons. The van der Waals surface area contributed by atoms with Gasteiger partial charge in [-0.3, -0.25) is 0 Å². The maximum Gasteiger partial charge on any atom is 0.346 e. The monoisotopic (exact) mass is 356 g/mol. The second kappa shape index (κ2) is 10.5. The predicted molar refractivity (Wildman–Crippen MR) is 93.1 cm³/mol. The smallest absolute Gasteiger partial charge is 0.346 e. The molecule has 0 unspecified atom stereocenters. The number of hydrogen-bond acceptors (Lipinski definition) is 7. The number of benzene rings is 1. The minimum Gasteiger partial charge on any atom is -0.503 e. The van der Waals surface area contributed by atoms with Crippen LogP contribution in [0.4, 0.5) is 0 Å². The fourth-order valence-electron chi connectivity index (χ4n) is 2.54. The van der Waals surface area contributed by atoms with Crippen LogP contribution in [0, 0.1) is 0 Å². The minimum absolute atomic E-state index is 0.00631. The Morgan fingerprint density at radius 2 is 1.36 bits per heavy atom. The molecular weight excluding hydrogens is 328 g/mol. The number of aromatic hydroxyl groups is 2. The van der Waals surface area contributed by atoms with Crippen molar-refractivity contribution in [2.45, 2.75) is 45.4 Å². The summed E-state index contributed by atoms with van der Waals surface area (Å²) >= 11 is 0. The molecule has 2 N–H and O–H groups in total. The van der Waals surface area contributed by atoms with E-state index in [2.05, 4.69) is 6.92 Å². The van der Waals surface area contributed by atoms with E-state index in [-0.39, 0.29) is 29.4 Å². The first-order chi connectivity index (χ1) is 12.0. The lowest BCUT2D eigenvalue weighted by molar-refractivity contribution is 0.0488. The van der Waals surface area contributed by atoms with Crippen molar-refractivity contribution in [1.82, 2.24) is 0 Å². The van der Waals surface area contributed by atoms with E-state index in [1.165, 1.54) is 40.6 Å². The van der Waals surface area contributed by atoms with Crippen LogP contribution in [-0.4, -0.2) is 44.1 Å². The van der Waals surface area contributed by atoms with E-state index in [1.54, 1.807) is 0 Å². The van der Waals surface area contributed by atoms with Crippen LogP contribution in [0.15, 0.2) is 0 Å². The molecule has 0 aliphatic heterocycles. The van der Waals surface area contributed by atoms with E-state index >= 15 is 0 Å². The number of hydrogen-bond donors (Lipinski definition) is 2. The van der Waals surface area contributed by atoms with Gasteiger partial charge in [-0.05, 0) is 6.42 Å². The molecular formula is C18H28O7. The molecule has 0 aliphatic rings. The van der Waals surface area contributed by atoms with Gasteiger partial charge in [0.05, 0.1) is 27.9 Å². The lowest BCUT2D eigenvalue weighted by Crippen LogP contribution is -2.10. The standard InChI is InChI=1S/C18H28O7/c1-5-6-7-8-9-10-11-25-18(21)12-13(19)14(20)16(23-3)17(24-4)15(12)22-2/h19-20H,5-11H2,1-4H3. The number of carbonyl (C=O) groups is 1. The van der Waals surface area contributed by atoms with Gasteiger partial charge in [-0.25, -0.2) is 4.79 Å². The third kappa shape index (κ3) is 5.08. The van der Waals surface area contributed by atoms with Crippen molar-refractivity contribution >= 4 is 5.97 Å². The van der Waals surface area contributed by atoms with Gasteiger partial charge < -0.3 is 29.2 Å². The first kappa shape index (κ1) is 20.7. The molecule has 0 amide bonds. The third-order valence-corrected chi connectivity index (χ3v) is 3.86. The molecule has 0 bridgehead atoms. The largest absolute Gasteiger partial charge is 0.503 e. The Morgan fingerprint density at radius 3 is 1.92 bits per heavy atom. The predicted octanol–water partition coefficient (Wildman–Crippen LogP) is 3.64. The molecule has 25 heavy (non-hydrogen) atoms. The van der Waals surface area contributed by atoms with E-state index in [9.17, 15) is 15.0 Å². The summed E-state index contributed by atoms with van der Waals surface area (Å²) in [5.41, 5.74) is -0.288. The van der Waals surface area contributed by atoms with Gasteiger partial charge in [-0.15, -0.1) is 0 Å². The van der Waals surface area contributed by atoms with E-state index < -0.39 is 17.5 Å². The van der Waals surface area contributed by atoms with Crippen LogP contribution in [0.5, 0.6) is 28.7 Å². The first-order valence-corrected chi connectivity index (χ1v) is 8.44. The summed E-state index contributed by atoms with van der Waals surface area (Å²) in [5.74, 6) is -2.23. The Balaban J connectivity index is 2.86. The first-order valence-electron chi connectivity index (χ1n) is 8.44. The number of methoxy groups -OCH3 is 3. The number of phenolic OH excluding ortho intramolecular Hbond substituents is 2. The summed E-state index contributed by atoms with van der Waals surface area (Å²) in [5, 5.41) is 20.2. The van der Waals surface area contributed by atoms with E-state index in [1.807, 2.05) is 0 Å². The van der Waals surface area contributed by atoms with Gasteiger partial charge in [0.25, 0.3) is 0 Å². The fraction of sp³-hybridized carbons (Fsp3) is 0.611.